The van der Waals surface area contributed by atoms with E-state index in [0.717, 1.165) is 16.3 Å². The Kier molecular flexibility index (Phi) is 8.31. The van der Waals surface area contributed by atoms with Crippen molar-refractivity contribution in [2.45, 2.75) is 25.6 Å². The monoisotopic (exact) mass is 564 g/mol. The van der Waals surface area contributed by atoms with E-state index < -0.39 is 12.1 Å². The lowest BCUT2D eigenvalue weighted by Crippen LogP contribution is -2.55. The van der Waals surface area contributed by atoms with Crippen LogP contribution in [0.5, 0.6) is 5.75 Å². The van der Waals surface area contributed by atoms with Crippen molar-refractivity contribution in [3.63, 3.8) is 0 Å². The Morgan fingerprint density at radius 1 is 0.976 bits per heavy atom. The quantitative estimate of drug-likeness (QED) is 0.314. The number of para-hydroxylation sites is 2. The Labute approximate surface area is 244 Å². The molecule has 0 aromatic heterocycles. The number of hydrogen-bond donors (Lipinski definition) is 2. The molecule has 9 heteroatoms. The number of amides is 3. The number of likely N-dealkylation sites (N-methyl/N-ethyl adjacent to an activating group) is 1. The molecule has 214 valence electrons. The number of methoxy groups -OCH3 is 1. The molecule has 5 rings (SSSR count). The highest BCUT2D eigenvalue weighted by Gasteiger charge is 2.38. The number of carbonyl (C=O) groups excluding carboxylic acids is 4. The van der Waals surface area contributed by atoms with Crippen LogP contribution < -0.4 is 25.2 Å². The van der Waals surface area contributed by atoms with E-state index in [0.29, 0.717) is 34.5 Å². The third-order valence-corrected chi connectivity index (χ3v) is 7.61. The van der Waals surface area contributed by atoms with Crippen LogP contribution in [0.1, 0.15) is 33.2 Å². The first-order valence-electron chi connectivity index (χ1n) is 13.7. The van der Waals surface area contributed by atoms with Crippen LogP contribution in [0.4, 0.5) is 11.4 Å². The maximum absolute atomic E-state index is 14.4. The molecule has 42 heavy (non-hydrogen) atoms. The second-order valence-electron chi connectivity index (χ2n) is 10.1. The molecular weight excluding hydrogens is 532 g/mol. The molecule has 0 radical (unpaired) electrons. The van der Waals surface area contributed by atoms with Gasteiger partial charge in [-0.2, -0.15) is 0 Å². The van der Waals surface area contributed by atoms with Gasteiger partial charge in [0.05, 0.1) is 37.6 Å². The van der Waals surface area contributed by atoms with Gasteiger partial charge in [0.1, 0.15) is 18.1 Å². The van der Waals surface area contributed by atoms with Gasteiger partial charge in [0.2, 0.25) is 5.91 Å². The molecule has 3 amide bonds. The van der Waals surface area contributed by atoms with Crippen molar-refractivity contribution in [1.29, 1.82) is 0 Å². The third kappa shape index (κ3) is 5.46. The van der Waals surface area contributed by atoms with Gasteiger partial charge in [0, 0.05) is 16.7 Å². The predicted molar refractivity (Wildman–Crippen MR) is 162 cm³/mol. The first-order valence-corrected chi connectivity index (χ1v) is 13.7. The summed E-state index contributed by atoms with van der Waals surface area (Å²) < 4.78 is 5.72. The van der Waals surface area contributed by atoms with Crippen molar-refractivity contribution in [3.05, 3.63) is 102 Å². The summed E-state index contributed by atoms with van der Waals surface area (Å²) in [6.07, 6.45) is 0.710. The van der Waals surface area contributed by atoms with Crippen LogP contribution in [-0.4, -0.2) is 56.8 Å². The SMILES string of the molecule is CN[C@@H](C)C(=O)NC1CN(C(=O)c2ccc(C=O)cc2)c2ccccc2N(Cc2c(OC)ccc3ccccc23)C1=O. The first kappa shape index (κ1) is 28.5. The number of benzene rings is 4. The minimum atomic E-state index is -1.04. The van der Waals surface area contributed by atoms with E-state index in [4.69, 9.17) is 4.74 Å². The van der Waals surface area contributed by atoms with E-state index in [2.05, 4.69) is 10.6 Å². The fraction of sp³-hybridized carbons (Fsp3) is 0.212. The Bertz CT molecular complexity index is 1650. The lowest BCUT2D eigenvalue weighted by atomic mass is 10.0. The zero-order valence-corrected chi connectivity index (χ0v) is 23.7. The van der Waals surface area contributed by atoms with Gasteiger partial charge in [-0.1, -0.05) is 54.6 Å². The van der Waals surface area contributed by atoms with Crippen molar-refractivity contribution in [2.75, 3.05) is 30.5 Å². The van der Waals surface area contributed by atoms with E-state index in [9.17, 15) is 19.2 Å². The Morgan fingerprint density at radius 3 is 2.36 bits per heavy atom. The minimum absolute atomic E-state index is 0.0878. The van der Waals surface area contributed by atoms with Crippen molar-refractivity contribution in [1.82, 2.24) is 10.6 Å². The highest BCUT2D eigenvalue weighted by Crippen LogP contribution is 2.37. The van der Waals surface area contributed by atoms with Crippen LogP contribution in [-0.2, 0) is 16.1 Å². The maximum Gasteiger partial charge on any atom is 0.258 e. The summed E-state index contributed by atoms with van der Waals surface area (Å²) in [5.74, 6) is -0.470. The first-order chi connectivity index (χ1) is 20.4. The van der Waals surface area contributed by atoms with E-state index in [1.54, 1.807) is 68.4 Å². The summed E-state index contributed by atoms with van der Waals surface area (Å²) in [7, 11) is 3.25. The second kappa shape index (κ2) is 12.2. The summed E-state index contributed by atoms with van der Waals surface area (Å²) >= 11 is 0. The predicted octanol–water partition coefficient (Wildman–Crippen LogP) is 3.95. The highest BCUT2D eigenvalue weighted by molar-refractivity contribution is 6.13. The molecule has 0 aliphatic carbocycles. The van der Waals surface area contributed by atoms with Gasteiger partial charge in [-0.05, 0) is 55.1 Å². The Hall–Kier alpha value is -5.02. The minimum Gasteiger partial charge on any atom is -0.496 e. The molecule has 0 spiro atoms. The van der Waals surface area contributed by atoms with Gasteiger partial charge in [0.15, 0.2) is 0 Å². The van der Waals surface area contributed by atoms with Gasteiger partial charge < -0.3 is 25.2 Å². The van der Waals surface area contributed by atoms with Gasteiger partial charge in [-0.3, -0.25) is 19.2 Å². The lowest BCUT2D eigenvalue weighted by Gasteiger charge is -2.27. The average Bonchev–Trinajstić information content (AvgIpc) is 3.14. The van der Waals surface area contributed by atoms with Crippen LogP contribution in [0.15, 0.2) is 84.9 Å². The molecule has 4 aromatic rings. The number of hydrogen-bond acceptors (Lipinski definition) is 6. The van der Waals surface area contributed by atoms with E-state index in [-0.39, 0.29) is 30.8 Å². The van der Waals surface area contributed by atoms with E-state index in [1.165, 1.54) is 4.90 Å². The zero-order valence-electron chi connectivity index (χ0n) is 23.7. The smallest absolute Gasteiger partial charge is 0.258 e. The molecule has 2 N–H and O–H groups in total. The fourth-order valence-electron chi connectivity index (χ4n) is 5.17. The van der Waals surface area contributed by atoms with Gasteiger partial charge in [0.25, 0.3) is 11.8 Å². The number of nitrogens with one attached hydrogen (secondary N) is 2. The molecule has 1 heterocycles. The molecule has 2 atom stereocenters. The zero-order chi connectivity index (χ0) is 29.8. The van der Waals surface area contributed by atoms with Crippen LogP contribution in [0.2, 0.25) is 0 Å². The highest BCUT2D eigenvalue weighted by atomic mass is 16.5. The fourth-order valence-corrected chi connectivity index (χ4v) is 5.17. The van der Waals surface area contributed by atoms with Crippen LogP contribution >= 0.6 is 0 Å². The molecule has 9 nitrogen and oxygen atoms in total. The number of aldehydes is 1. The molecule has 0 bridgehead atoms. The second-order valence-corrected chi connectivity index (χ2v) is 10.1. The summed E-state index contributed by atoms with van der Waals surface area (Å²) in [5, 5.41) is 7.68. The standard InChI is InChI=1S/C33H32N4O5/c1-21(34-2)31(39)35-27-19-37(32(40)24-14-12-22(20-38)13-15-24)29-11-7-6-10-28(29)36(33(27)41)18-26-25-9-5-4-8-23(25)16-17-30(26)42-3/h4-17,20-21,27,34H,18-19H2,1-3H3,(H,35,39)/t21-,27?/m0/s1. The summed E-state index contributed by atoms with van der Waals surface area (Å²) in [6, 6.07) is 23.6. The van der Waals surface area contributed by atoms with E-state index >= 15 is 0 Å². The summed E-state index contributed by atoms with van der Waals surface area (Å²) in [6.45, 7) is 1.75. The topological polar surface area (TPSA) is 108 Å². The number of anilines is 2. The molecular formula is C33H32N4O5. The maximum atomic E-state index is 14.4. The number of ether oxygens (including phenoxy) is 1. The lowest BCUT2D eigenvalue weighted by molar-refractivity contribution is -0.128. The Balaban J connectivity index is 1.64. The molecule has 0 saturated carbocycles. The largest absolute Gasteiger partial charge is 0.496 e. The van der Waals surface area contributed by atoms with Crippen LogP contribution in [0.25, 0.3) is 10.8 Å². The van der Waals surface area contributed by atoms with Gasteiger partial charge >= 0.3 is 0 Å². The molecule has 0 saturated heterocycles. The number of rotatable bonds is 8. The van der Waals surface area contributed by atoms with Crippen molar-refractivity contribution < 1.29 is 23.9 Å². The van der Waals surface area contributed by atoms with Crippen molar-refractivity contribution in [2.24, 2.45) is 0 Å². The van der Waals surface area contributed by atoms with Crippen LogP contribution in [0, 0.1) is 0 Å². The number of nitrogens with zero attached hydrogens (tertiary/aromatic N) is 2. The molecule has 0 fully saturated rings. The Morgan fingerprint density at radius 2 is 1.67 bits per heavy atom. The summed E-state index contributed by atoms with van der Waals surface area (Å²) in [4.78, 5) is 55.6. The normalized spacial score (nSPS) is 15.5. The van der Waals surface area contributed by atoms with Gasteiger partial charge in [-0.25, -0.2) is 0 Å². The van der Waals surface area contributed by atoms with Crippen LogP contribution in [0.3, 0.4) is 0 Å². The number of fused-ring (bicyclic) bond motifs is 2. The third-order valence-electron chi connectivity index (χ3n) is 7.61. The average molecular weight is 565 g/mol. The summed E-state index contributed by atoms with van der Waals surface area (Å²) in [5.41, 5.74) is 2.64. The van der Waals surface area contributed by atoms with Crippen molar-refractivity contribution >= 4 is 46.2 Å². The number of carbonyl (C=O) groups is 4. The van der Waals surface area contributed by atoms with Gasteiger partial charge in [-0.15, -0.1) is 0 Å². The molecule has 1 aliphatic heterocycles. The molecule has 1 unspecified atom stereocenters. The molecule has 4 aromatic carbocycles. The van der Waals surface area contributed by atoms with E-state index in [1.807, 2.05) is 42.5 Å². The van der Waals surface area contributed by atoms with Crippen molar-refractivity contribution in [3.8, 4) is 5.75 Å². The molecule has 1 aliphatic rings.